The van der Waals surface area contributed by atoms with Crippen LogP contribution in [0.15, 0.2) is 18.2 Å². The molecular weight excluding hydrogens is 225 g/mol. The van der Waals surface area contributed by atoms with Crippen LogP contribution in [0.1, 0.15) is 10.4 Å². The summed E-state index contributed by atoms with van der Waals surface area (Å²) < 4.78 is 4.81. The van der Waals surface area contributed by atoms with Crippen molar-refractivity contribution >= 4 is 29.2 Å². The van der Waals surface area contributed by atoms with Crippen LogP contribution in [-0.4, -0.2) is 19.1 Å². The van der Waals surface area contributed by atoms with E-state index in [0.29, 0.717) is 22.2 Å². The zero-order valence-electron chi connectivity index (χ0n) is 7.30. The molecular formula is C9H9Cl2NO2. The van der Waals surface area contributed by atoms with Crippen LogP contribution >= 0.6 is 23.2 Å². The highest BCUT2D eigenvalue weighted by atomic mass is 35.5. The molecule has 2 N–H and O–H groups in total. The number of halogens is 2. The lowest BCUT2D eigenvalue weighted by Gasteiger charge is -2.03. The third kappa shape index (κ3) is 3.18. The van der Waals surface area contributed by atoms with E-state index >= 15 is 0 Å². The quantitative estimate of drug-likeness (QED) is 0.815. The Labute approximate surface area is 91.7 Å². The predicted octanol–water partition coefficient (Wildman–Crippen LogP) is 2.11. The minimum Gasteiger partial charge on any atom is -0.461 e. The van der Waals surface area contributed by atoms with E-state index in [1.54, 1.807) is 6.07 Å². The summed E-state index contributed by atoms with van der Waals surface area (Å²) in [6.07, 6.45) is 0. The molecule has 0 amide bonds. The van der Waals surface area contributed by atoms with E-state index in [1.807, 2.05) is 0 Å². The maximum Gasteiger partial charge on any atom is 0.338 e. The topological polar surface area (TPSA) is 52.3 Å². The third-order valence-electron chi connectivity index (χ3n) is 1.45. The Kier molecular flexibility index (Phi) is 4.20. The smallest absolute Gasteiger partial charge is 0.338 e. The maximum absolute atomic E-state index is 11.3. The van der Waals surface area contributed by atoms with Crippen LogP contribution in [0.3, 0.4) is 0 Å². The van der Waals surface area contributed by atoms with Crippen LogP contribution in [0, 0.1) is 0 Å². The summed E-state index contributed by atoms with van der Waals surface area (Å²) in [6.45, 7) is 0.475. The number of benzene rings is 1. The molecule has 0 spiro atoms. The Morgan fingerprint density at radius 2 is 1.86 bits per heavy atom. The summed E-state index contributed by atoms with van der Waals surface area (Å²) in [5.74, 6) is -0.472. The van der Waals surface area contributed by atoms with Crippen LogP contribution < -0.4 is 5.73 Å². The summed E-state index contributed by atoms with van der Waals surface area (Å²) in [5, 5.41) is 0.800. The van der Waals surface area contributed by atoms with Gasteiger partial charge in [0.2, 0.25) is 0 Å². The minimum absolute atomic E-state index is 0.183. The maximum atomic E-state index is 11.3. The Hall–Kier alpha value is -0.770. The fraction of sp³-hybridized carbons (Fsp3) is 0.222. The number of ether oxygens (including phenoxy) is 1. The first-order valence-electron chi connectivity index (χ1n) is 3.97. The molecule has 0 radical (unpaired) electrons. The Morgan fingerprint density at radius 3 is 2.36 bits per heavy atom. The summed E-state index contributed by atoms with van der Waals surface area (Å²) in [7, 11) is 0. The molecule has 14 heavy (non-hydrogen) atoms. The SMILES string of the molecule is NCCOC(=O)c1cc(Cl)cc(Cl)c1. The molecule has 0 saturated carbocycles. The lowest BCUT2D eigenvalue weighted by atomic mass is 10.2. The zero-order chi connectivity index (χ0) is 10.6. The van der Waals surface area contributed by atoms with Crippen molar-refractivity contribution in [2.75, 3.05) is 13.2 Å². The molecule has 0 aliphatic heterocycles. The average Bonchev–Trinajstić information content (AvgIpc) is 2.12. The van der Waals surface area contributed by atoms with Gasteiger partial charge in [0.25, 0.3) is 0 Å². The van der Waals surface area contributed by atoms with Gasteiger partial charge < -0.3 is 10.5 Å². The van der Waals surface area contributed by atoms with Crippen molar-refractivity contribution < 1.29 is 9.53 Å². The molecule has 0 unspecified atom stereocenters. The molecule has 1 rings (SSSR count). The van der Waals surface area contributed by atoms with Crippen molar-refractivity contribution in [2.45, 2.75) is 0 Å². The summed E-state index contributed by atoms with van der Waals surface area (Å²) in [4.78, 5) is 11.3. The van der Waals surface area contributed by atoms with Gasteiger partial charge in [0, 0.05) is 16.6 Å². The minimum atomic E-state index is -0.472. The summed E-state index contributed by atoms with van der Waals surface area (Å²) in [5.41, 5.74) is 5.51. The van der Waals surface area contributed by atoms with Gasteiger partial charge in [-0.15, -0.1) is 0 Å². The second-order valence-electron chi connectivity index (χ2n) is 2.58. The van der Waals surface area contributed by atoms with Crippen molar-refractivity contribution in [3.05, 3.63) is 33.8 Å². The fourth-order valence-electron chi connectivity index (χ4n) is 0.907. The first-order valence-corrected chi connectivity index (χ1v) is 4.72. The van der Waals surface area contributed by atoms with E-state index in [2.05, 4.69) is 0 Å². The fourth-order valence-corrected chi connectivity index (χ4v) is 1.43. The molecule has 3 nitrogen and oxygen atoms in total. The molecule has 5 heteroatoms. The number of nitrogens with two attached hydrogens (primary N) is 1. The summed E-state index contributed by atoms with van der Waals surface area (Å²) in [6, 6.07) is 4.53. The number of carbonyl (C=O) groups is 1. The number of rotatable bonds is 3. The van der Waals surface area contributed by atoms with Gasteiger partial charge in [0.1, 0.15) is 6.61 Å². The molecule has 0 aliphatic carbocycles. The van der Waals surface area contributed by atoms with Crippen LogP contribution in [0.25, 0.3) is 0 Å². The molecule has 1 aromatic rings. The molecule has 0 fully saturated rings. The Balaban J connectivity index is 2.79. The van der Waals surface area contributed by atoms with E-state index in [4.69, 9.17) is 33.7 Å². The molecule has 0 heterocycles. The van der Waals surface area contributed by atoms with Gasteiger partial charge >= 0.3 is 5.97 Å². The zero-order valence-corrected chi connectivity index (χ0v) is 8.81. The number of esters is 1. The van der Waals surface area contributed by atoms with Crippen LogP contribution in [0.2, 0.25) is 10.0 Å². The Bertz CT molecular complexity index is 321. The van der Waals surface area contributed by atoms with Gasteiger partial charge in [0.15, 0.2) is 0 Å². The van der Waals surface area contributed by atoms with Gasteiger partial charge in [-0.05, 0) is 18.2 Å². The normalized spacial score (nSPS) is 9.93. The van der Waals surface area contributed by atoms with E-state index in [9.17, 15) is 4.79 Å². The molecule has 0 atom stereocenters. The third-order valence-corrected chi connectivity index (χ3v) is 1.89. The second-order valence-corrected chi connectivity index (χ2v) is 3.46. The van der Waals surface area contributed by atoms with E-state index < -0.39 is 5.97 Å². The molecule has 0 saturated heterocycles. The highest BCUT2D eigenvalue weighted by molar-refractivity contribution is 6.35. The predicted molar refractivity (Wildman–Crippen MR) is 55.8 cm³/mol. The standard InChI is InChI=1S/C9H9Cl2NO2/c10-7-3-6(4-8(11)5-7)9(13)14-2-1-12/h3-5H,1-2,12H2. The van der Waals surface area contributed by atoms with Crippen molar-refractivity contribution in [2.24, 2.45) is 5.73 Å². The molecule has 76 valence electrons. The van der Waals surface area contributed by atoms with Gasteiger partial charge in [-0.2, -0.15) is 0 Å². The van der Waals surface area contributed by atoms with Crippen LogP contribution in [0.5, 0.6) is 0 Å². The van der Waals surface area contributed by atoms with Crippen LogP contribution in [0.4, 0.5) is 0 Å². The average molecular weight is 234 g/mol. The summed E-state index contributed by atoms with van der Waals surface area (Å²) >= 11 is 11.4. The molecule has 0 bridgehead atoms. The van der Waals surface area contributed by atoms with Crippen LogP contribution in [-0.2, 0) is 4.74 Å². The number of hydrogen-bond donors (Lipinski definition) is 1. The molecule has 1 aromatic carbocycles. The van der Waals surface area contributed by atoms with Crippen molar-refractivity contribution in [1.29, 1.82) is 0 Å². The van der Waals surface area contributed by atoms with E-state index in [-0.39, 0.29) is 6.61 Å². The van der Waals surface area contributed by atoms with Gasteiger partial charge in [-0.1, -0.05) is 23.2 Å². The van der Waals surface area contributed by atoms with Crippen molar-refractivity contribution in [1.82, 2.24) is 0 Å². The van der Waals surface area contributed by atoms with E-state index in [1.165, 1.54) is 12.1 Å². The molecule has 0 aromatic heterocycles. The van der Waals surface area contributed by atoms with Gasteiger partial charge in [0.05, 0.1) is 5.56 Å². The first kappa shape index (κ1) is 11.3. The number of hydrogen-bond acceptors (Lipinski definition) is 3. The number of carbonyl (C=O) groups excluding carboxylic acids is 1. The molecule has 0 aliphatic rings. The highest BCUT2D eigenvalue weighted by Gasteiger charge is 2.08. The van der Waals surface area contributed by atoms with Crippen molar-refractivity contribution in [3.8, 4) is 0 Å². The monoisotopic (exact) mass is 233 g/mol. The van der Waals surface area contributed by atoms with Crippen molar-refractivity contribution in [3.63, 3.8) is 0 Å². The largest absolute Gasteiger partial charge is 0.461 e. The van der Waals surface area contributed by atoms with Gasteiger partial charge in [-0.3, -0.25) is 0 Å². The lowest BCUT2D eigenvalue weighted by Crippen LogP contribution is -2.13. The second kappa shape index (κ2) is 5.20. The lowest BCUT2D eigenvalue weighted by molar-refractivity contribution is 0.0517. The Morgan fingerprint density at radius 1 is 1.29 bits per heavy atom. The van der Waals surface area contributed by atoms with E-state index in [0.717, 1.165) is 0 Å². The van der Waals surface area contributed by atoms with Gasteiger partial charge in [-0.25, -0.2) is 4.79 Å². The highest BCUT2D eigenvalue weighted by Crippen LogP contribution is 2.19. The first-order chi connectivity index (χ1) is 6.63.